The van der Waals surface area contributed by atoms with Gasteiger partial charge in [-0.2, -0.15) is 5.26 Å². The van der Waals surface area contributed by atoms with Crippen LogP contribution >= 0.6 is 0 Å². The minimum Gasteiger partial charge on any atom is -0.311 e. The molecule has 0 spiro atoms. The van der Waals surface area contributed by atoms with Crippen LogP contribution in [0.25, 0.3) is 38.6 Å². The summed E-state index contributed by atoms with van der Waals surface area (Å²) in [6.07, 6.45) is 0. The normalized spacial score (nSPS) is 12.8. The fourth-order valence-corrected chi connectivity index (χ4v) is 7.32. The van der Waals surface area contributed by atoms with Gasteiger partial charge in [-0.1, -0.05) is 72.8 Å². The van der Waals surface area contributed by atoms with Crippen LogP contribution in [0.2, 0.25) is 0 Å². The van der Waals surface area contributed by atoms with E-state index < -0.39 is 11.6 Å². The second-order valence-electron chi connectivity index (χ2n) is 11.1. The van der Waals surface area contributed by atoms with Crippen molar-refractivity contribution >= 4 is 62.0 Å². The van der Waals surface area contributed by atoms with Gasteiger partial charge in [0.2, 0.25) is 0 Å². The summed E-state index contributed by atoms with van der Waals surface area (Å²) in [5.41, 5.74) is 10.1. The van der Waals surface area contributed by atoms with Gasteiger partial charge in [0.1, 0.15) is 11.6 Å². The number of aromatic nitrogens is 1. The van der Waals surface area contributed by atoms with E-state index in [4.69, 9.17) is 0 Å². The van der Waals surface area contributed by atoms with Crippen LogP contribution in [0.5, 0.6) is 0 Å². The van der Waals surface area contributed by atoms with Gasteiger partial charge in [-0.25, -0.2) is 8.78 Å². The van der Waals surface area contributed by atoms with Gasteiger partial charge in [0.15, 0.2) is 0 Å². The molecule has 7 aromatic rings. The Morgan fingerprint density at radius 2 is 1.37 bits per heavy atom. The minimum atomic E-state index is -0.774. The van der Waals surface area contributed by atoms with E-state index in [1.165, 1.54) is 10.9 Å². The monoisotopic (exact) mass is 555 g/mol. The Hall–Kier alpha value is -5.67. The molecule has 0 saturated carbocycles. The van der Waals surface area contributed by atoms with Crippen LogP contribution in [-0.4, -0.2) is 11.3 Å². The van der Waals surface area contributed by atoms with Crippen molar-refractivity contribution in [1.29, 1.82) is 5.26 Å². The van der Waals surface area contributed by atoms with E-state index in [0.29, 0.717) is 5.56 Å². The first kappa shape index (κ1) is 24.0. The molecule has 0 bridgehead atoms. The lowest BCUT2D eigenvalue weighted by atomic mass is 9.33. The zero-order valence-corrected chi connectivity index (χ0v) is 22.7. The first-order chi connectivity index (χ1) is 21.1. The summed E-state index contributed by atoms with van der Waals surface area (Å²) in [5.74, 6) is -1.54. The lowest BCUT2D eigenvalue weighted by Crippen LogP contribution is -2.60. The summed E-state index contributed by atoms with van der Waals surface area (Å²) < 4.78 is 32.2. The molecule has 6 aromatic carbocycles. The SMILES string of the molecule is N#Cc1cc(F)cc(F)c1-c1cc2c3c(c1)-n1c4ccccc4c4cccc(c41)B3c1ccccc1N2c1ccccc1. The van der Waals surface area contributed by atoms with E-state index in [1.807, 2.05) is 48.5 Å². The van der Waals surface area contributed by atoms with E-state index in [2.05, 4.69) is 76.2 Å². The Balaban J connectivity index is 1.50. The van der Waals surface area contributed by atoms with Crippen molar-refractivity contribution in [3.63, 3.8) is 0 Å². The molecule has 0 fully saturated rings. The van der Waals surface area contributed by atoms with Crippen molar-refractivity contribution in [3.8, 4) is 22.9 Å². The van der Waals surface area contributed by atoms with E-state index in [1.54, 1.807) is 0 Å². The van der Waals surface area contributed by atoms with Gasteiger partial charge >= 0.3 is 0 Å². The Morgan fingerprint density at radius 3 is 2.23 bits per heavy atom. The number of benzene rings is 6. The summed E-state index contributed by atoms with van der Waals surface area (Å²) in [7, 11) is 0. The Morgan fingerprint density at radius 1 is 0.651 bits per heavy atom. The molecule has 3 nitrogen and oxygen atoms in total. The van der Waals surface area contributed by atoms with Crippen molar-refractivity contribution in [2.75, 3.05) is 4.90 Å². The number of hydrogen-bond acceptors (Lipinski definition) is 2. The van der Waals surface area contributed by atoms with Crippen LogP contribution < -0.4 is 21.3 Å². The first-order valence-electron chi connectivity index (χ1n) is 14.2. The molecule has 9 rings (SSSR count). The van der Waals surface area contributed by atoms with Gasteiger partial charge < -0.3 is 9.47 Å². The largest absolute Gasteiger partial charge is 0.311 e. The molecule has 0 atom stereocenters. The van der Waals surface area contributed by atoms with Crippen LogP contribution in [0.4, 0.5) is 25.8 Å². The second kappa shape index (κ2) is 8.67. The number of anilines is 3. The number of para-hydroxylation sites is 4. The molecule has 0 aliphatic carbocycles. The number of halogens is 2. The van der Waals surface area contributed by atoms with E-state index >= 15 is 4.39 Å². The molecule has 1 aromatic heterocycles. The molecule has 0 N–H and O–H groups in total. The summed E-state index contributed by atoms with van der Waals surface area (Å²) in [6, 6.07) is 41.3. The topological polar surface area (TPSA) is 32.0 Å². The standard InChI is InChI=1S/C37H20BF2N3/c39-24-17-23(21-41)35(30(40)20-24)22-18-33-36-34(19-22)43-31-15-6-4-11-26(31)27-12-8-14-29(37(27)43)38(36)28-13-5-7-16-32(28)42(33)25-9-2-1-3-10-25/h1-20H. The van der Waals surface area contributed by atoms with Crippen LogP contribution in [0, 0.1) is 23.0 Å². The number of rotatable bonds is 2. The van der Waals surface area contributed by atoms with Crippen molar-refractivity contribution in [2.24, 2.45) is 0 Å². The van der Waals surface area contributed by atoms with Crippen molar-refractivity contribution < 1.29 is 8.78 Å². The number of nitrogens with zero attached hydrogens (tertiary/aromatic N) is 3. The predicted octanol–water partition coefficient (Wildman–Crippen LogP) is 7.21. The van der Waals surface area contributed by atoms with Crippen molar-refractivity contribution in [2.45, 2.75) is 0 Å². The van der Waals surface area contributed by atoms with Crippen LogP contribution in [-0.2, 0) is 0 Å². The highest BCUT2D eigenvalue weighted by atomic mass is 19.1. The van der Waals surface area contributed by atoms with Gasteiger partial charge in [0.25, 0.3) is 6.71 Å². The third-order valence-corrected chi connectivity index (χ3v) is 8.91. The highest BCUT2D eigenvalue weighted by Crippen LogP contribution is 2.43. The summed E-state index contributed by atoms with van der Waals surface area (Å²) in [4.78, 5) is 2.22. The third-order valence-electron chi connectivity index (χ3n) is 8.91. The third kappa shape index (κ3) is 3.17. The maximum atomic E-state index is 15.7. The average Bonchev–Trinajstić information content (AvgIpc) is 3.38. The molecule has 0 unspecified atom stereocenters. The summed E-state index contributed by atoms with van der Waals surface area (Å²) in [6.45, 7) is -0.0655. The number of hydrogen-bond donors (Lipinski definition) is 0. The quantitative estimate of drug-likeness (QED) is 0.211. The van der Waals surface area contributed by atoms with Crippen molar-refractivity contribution in [1.82, 2.24) is 4.57 Å². The fraction of sp³-hybridized carbons (Fsp3) is 0. The summed E-state index contributed by atoms with van der Waals surface area (Å²) >= 11 is 0. The summed E-state index contributed by atoms with van der Waals surface area (Å²) in [5, 5.41) is 12.3. The maximum Gasteiger partial charge on any atom is 0.252 e. The first-order valence-corrected chi connectivity index (χ1v) is 14.2. The average molecular weight is 555 g/mol. The van der Waals surface area contributed by atoms with Crippen LogP contribution in [0.1, 0.15) is 5.56 Å². The van der Waals surface area contributed by atoms with Crippen molar-refractivity contribution in [3.05, 3.63) is 139 Å². The molecule has 0 saturated heterocycles. The zero-order valence-electron chi connectivity index (χ0n) is 22.7. The Bertz CT molecular complexity index is 2350. The maximum absolute atomic E-state index is 15.7. The predicted molar refractivity (Wildman–Crippen MR) is 170 cm³/mol. The molecule has 0 radical (unpaired) electrons. The number of nitriles is 1. The molecule has 0 amide bonds. The number of fused-ring (bicyclic) bond motifs is 7. The molecule has 2 aliphatic rings. The van der Waals surface area contributed by atoms with Gasteiger partial charge in [0.05, 0.1) is 17.1 Å². The Kier molecular flexibility index (Phi) is 4.84. The smallest absolute Gasteiger partial charge is 0.252 e. The molecular weight excluding hydrogens is 535 g/mol. The molecule has 200 valence electrons. The highest BCUT2D eigenvalue weighted by Gasteiger charge is 2.42. The fourth-order valence-electron chi connectivity index (χ4n) is 7.32. The molecular formula is C37H20BF2N3. The van der Waals surface area contributed by atoms with E-state index in [0.717, 1.165) is 62.2 Å². The van der Waals surface area contributed by atoms with E-state index in [-0.39, 0.29) is 17.8 Å². The van der Waals surface area contributed by atoms with Crippen LogP contribution in [0.3, 0.4) is 0 Å². The van der Waals surface area contributed by atoms with Crippen LogP contribution in [0.15, 0.2) is 121 Å². The lowest BCUT2D eigenvalue weighted by molar-refractivity contribution is 0.585. The zero-order chi connectivity index (χ0) is 28.8. The minimum absolute atomic E-state index is 0.0395. The van der Waals surface area contributed by atoms with Gasteiger partial charge in [0, 0.05) is 50.7 Å². The molecule has 43 heavy (non-hydrogen) atoms. The molecule has 6 heteroatoms. The van der Waals surface area contributed by atoms with E-state index in [9.17, 15) is 9.65 Å². The Labute approximate surface area is 246 Å². The van der Waals surface area contributed by atoms with Gasteiger partial charge in [-0.3, -0.25) is 0 Å². The lowest BCUT2D eigenvalue weighted by Gasteiger charge is -2.40. The molecule has 3 heterocycles. The van der Waals surface area contributed by atoms with Gasteiger partial charge in [-0.15, -0.1) is 0 Å². The molecule has 2 aliphatic heterocycles. The highest BCUT2D eigenvalue weighted by molar-refractivity contribution is 7.00. The van der Waals surface area contributed by atoms with Gasteiger partial charge in [-0.05, 0) is 64.4 Å². The second-order valence-corrected chi connectivity index (χ2v) is 11.1.